The fourth-order valence-corrected chi connectivity index (χ4v) is 3.08. The first-order valence-electron chi connectivity index (χ1n) is 8.21. The molecule has 0 saturated carbocycles. The molecule has 0 atom stereocenters. The van der Waals surface area contributed by atoms with Crippen molar-refractivity contribution in [2.45, 2.75) is 31.9 Å². The van der Waals surface area contributed by atoms with Gasteiger partial charge in [-0.3, -0.25) is 4.90 Å². The summed E-state index contributed by atoms with van der Waals surface area (Å²) >= 11 is 5.66. The number of unbranched alkanes of at least 4 members (excludes halogenated alkanes) is 3. The van der Waals surface area contributed by atoms with Gasteiger partial charge in [-0.1, -0.05) is 18.9 Å². The Balaban J connectivity index is 1.78. The molecule has 130 valence electrons. The number of rotatable bonds is 7. The van der Waals surface area contributed by atoms with Crippen molar-refractivity contribution in [3.8, 4) is 0 Å². The average molecular weight is 349 g/mol. The summed E-state index contributed by atoms with van der Waals surface area (Å²) in [5, 5.41) is 0. The third-order valence-electron chi connectivity index (χ3n) is 4.27. The van der Waals surface area contributed by atoms with Gasteiger partial charge in [0, 0.05) is 37.7 Å². The van der Waals surface area contributed by atoms with Crippen LogP contribution in [-0.4, -0.2) is 43.5 Å². The van der Waals surface area contributed by atoms with Gasteiger partial charge in [0.1, 0.15) is 0 Å². The SMILES string of the molecule is FC(F)(F)c1cccc(N2CCN(CCCCCCCl)CC2)c1. The summed E-state index contributed by atoms with van der Waals surface area (Å²) in [6, 6.07) is 5.63. The van der Waals surface area contributed by atoms with Crippen molar-refractivity contribution in [2.24, 2.45) is 0 Å². The summed E-state index contributed by atoms with van der Waals surface area (Å²) < 4.78 is 38.4. The van der Waals surface area contributed by atoms with Crippen LogP contribution >= 0.6 is 11.6 Å². The molecule has 0 aromatic heterocycles. The Morgan fingerprint density at radius 3 is 2.30 bits per heavy atom. The Morgan fingerprint density at radius 2 is 1.65 bits per heavy atom. The molecule has 0 N–H and O–H groups in total. The van der Waals surface area contributed by atoms with E-state index in [0.717, 1.165) is 51.1 Å². The number of halogens is 4. The maximum absolute atomic E-state index is 12.8. The largest absolute Gasteiger partial charge is 0.416 e. The number of hydrogen-bond acceptors (Lipinski definition) is 2. The average Bonchev–Trinajstić information content (AvgIpc) is 2.55. The summed E-state index contributed by atoms with van der Waals surface area (Å²) in [5.74, 6) is 0.732. The molecule has 6 heteroatoms. The minimum Gasteiger partial charge on any atom is -0.369 e. The Morgan fingerprint density at radius 1 is 0.957 bits per heavy atom. The summed E-state index contributed by atoms with van der Waals surface area (Å²) in [5.41, 5.74) is 0.0957. The van der Waals surface area contributed by atoms with Gasteiger partial charge in [-0.15, -0.1) is 11.6 Å². The lowest BCUT2D eigenvalue weighted by Crippen LogP contribution is -2.46. The fourth-order valence-electron chi connectivity index (χ4n) is 2.89. The molecule has 0 radical (unpaired) electrons. The molecule has 1 aliphatic rings. The van der Waals surface area contributed by atoms with Crippen LogP contribution in [0.5, 0.6) is 0 Å². The lowest BCUT2D eigenvalue weighted by Gasteiger charge is -2.36. The number of alkyl halides is 4. The first-order valence-corrected chi connectivity index (χ1v) is 8.74. The number of hydrogen-bond donors (Lipinski definition) is 0. The fraction of sp³-hybridized carbons (Fsp3) is 0.647. The monoisotopic (exact) mass is 348 g/mol. The van der Waals surface area contributed by atoms with Crippen LogP contribution in [0.2, 0.25) is 0 Å². The first-order chi connectivity index (χ1) is 11.0. The second-order valence-electron chi connectivity index (χ2n) is 5.98. The van der Waals surface area contributed by atoms with Gasteiger partial charge in [0.15, 0.2) is 0 Å². The van der Waals surface area contributed by atoms with Gasteiger partial charge >= 0.3 is 6.18 Å². The normalized spacial score (nSPS) is 16.8. The van der Waals surface area contributed by atoms with E-state index in [1.54, 1.807) is 6.07 Å². The Labute approximate surface area is 141 Å². The molecule has 1 aromatic carbocycles. The van der Waals surface area contributed by atoms with Crippen LogP contribution in [0.15, 0.2) is 24.3 Å². The van der Waals surface area contributed by atoms with Gasteiger partial charge in [-0.2, -0.15) is 13.2 Å². The van der Waals surface area contributed by atoms with E-state index in [2.05, 4.69) is 4.90 Å². The Bertz CT molecular complexity index is 471. The molecular formula is C17H24ClF3N2. The molecule has 1 heterocycles. The van der Waals surface area contributed by atoms with Crippen molar-refractivity contribution in [1.82, 2.24) is 4.90 Å². The number of anilines is 1. The highest BCUT2D eigenvalue weighted by Crippen LogP contribution is 2.31. The van der Waals surface area contributed by atoms with E-state index in [-0.39, 0.29) is 0 Å². The van der Waals surface area contributed by atoms with Crippen molar-refractivity contribution >= 4 is 17.3 Å². The maximum Gasteiger partial charge on any atom is 0.416 e. The van der Waals surface area contributed by atoms with Crippen molar-refractivity contribution in [2.75, 3.05) is 43.5 Å². The summed E-state index contributed by atoms with van der Waals surface area (Å²) in [6.07, 6.45) is 0.334. The third kappa shape index (κ3) is 5.88. The molecule has 23 heavy (non-hydrogen) atoms. The van der Waals surface area contributed by atoms with E-state index in [4.69, 9.17) is 11.6 Å². The van der Waals surface area contributed by atoms with E-state index >= 15 is 0 Å². The van der Waals surface area contributed by atoms with Crippen molar-refractivity contribution < 1.29 is 13.2 Å². The topological polar surface area (TPSA) is 6.48 Å². The summed E-state index contributed by atoms with van der Waals surface area (Å²) in [6.45, 7) is 4.45. The van der Waals surface area contributed by atoms with Gasteiger partial charge in [0.05, 0.1) is 5.56 Å². The van der Waals surface area contributed by atoms with Gasteiger partial charge in [0.25, 0.3) is 0 Å². The maximum atomic E-state index is 12.8. The predicted octanol–water partition coefficient (Wildman–Crippen LogP) is 4.63. The molecule has 0 bridgehead atoms. The lowest BCUT2D eigenvalue weighted by atomic mass is 10.1. The van der Waals surface area contributed by atoms with E-state index in [9.17, 15) is 13.2 Å². The van der Waals surface area contributed by atoms with Crippen LogP contribution in [-0.2, 0) is 6.18 Å². The van der Waals surface area contributed by atoms with Crippen LogP contribution in [0.25, 0.3) is 0 Å². The van der Waals surface area contributed by atoms with Crippen molar-refractivity contribution in [1.29, 1.82) is 0 Å². The third-order valence-corrected chi connectivity index (χ3v) is 4.54. The summed E-state index contributed by atoms with van der Waals surface area (Å²) in [7, 11) is 0. The van der Waals surface area contributed by atoms with Gasteiger partial charge in [-0.25, -0.2) is 0 Å². The van der Waals surface area contributed by atoms with Gasteiger partial charge in [0.2, 0.25) is 0 Å². The van der Waals surface area contributed by atoms with Crippen LogP contribution in [0.1, 0.15) is 31.2 Å². The molecule has 0 unspecified atom stereocenters. The molecule has 1 aromatic rings. The molecular weight excluding hydrogens is 325 g/mol. The first kappa shape index (κ1) is 18.4. The van der Waals surface area contributed by atoms with Crippen molar-refractivity contribution in [3.05, 3.63) is 29.8 Å². The number of nitrogens with zero attached hydrogens (tertiary/aromatic N) is 2. The molecule has 2 nitrogen and oxygen atoms in total. The molecule has 0 amide bonds. The zero-order valence-corrected chi connectivity index (χ0v) is 14.0. The Kier molecular flexibility index (Phi) is 7.03. The van der Waals surface area contributed by atoms with Gasteiger partial charge < -0.3 is 4.90 Å². The quantitative estimate of drug-likeness (QED) is 0.523. The standard InChI is InChI=1S/C17H24ClF3N2/c18-8-3-1-2-4-9-22-10-12-23(13-11-22)16-7-5-6-15(14-16)17(19,20)21/h5-7,14H,1-4,8-13H2. The predicted molar refractivity (Wildman–Crippen MR) is 89.3 cm³/mol. The van der Waals surface area contributed by atoms with E-state index in [0.29, 0.717) is 5.69 Å². The minimum absolute atomic E-state index is 0.572. The second kappa shape index (κ2) is 8.78. The molecule has 1 saturated heterocycles. The number of piperazine rings is 1. The Hall–Kier alpha value is -0.940. The van der Waals surface area contributed by atoms with E-state index in [1.165, 1.54) is 31.4 Å². The lowest BCUT2D eigenvalue weighted by molar-refractivity contribution is -0.137. The van der Waals surface area contributed by atoms with Gasteiger partial charge in [-0.05, 0) is 37.6 Å². The highest BCUT2D eigenvalue weighted by Gasteiger charge is 2.31. The zero-order chi connectivity index (χ0) is 16.7. The van der Waals surface area contributed by atoms with E-state index in [1.807, 2.05) is 4.90 Å². The molecule has 0 aliphatic carbocycles. The van der Waals surface area contributed by atoms with E-state index < -0.39 is 11.7 Å². The van der Waals surface area contributed by atoms with Crippen LogP contribution in [0, 0.1) is 0 Å². The highest BCUT2D eigenvalue weighted by molar-refractivity contribution is 6.17. The smallest absolute Gasteiger partial charge is 0.369 e. The molecule has 2 rings (SSSR count). The minimum atomic E-state index is -4.28. The van der Waals surface area contributed by atoms with Crippen molar-refractivity contribution in [3.63, 3.8) is 0 Å². The molecule has 0 spiro atoms. The molecule has 1 fully saturated rings. The summed E-state index contributed by atoms with van der Waals surface area (Å²) in [4.78, 5) is 4.43. The highest BCUT2D eigenvalue weighted by atomic mass is 35.5. The zero-order valence-electron chi connectivity index (χ0n) is 13.3. The second-order valence-corrected chi connectivity index (χ2v) is 6.36. The number of benzene rings is 1. The van der Waals surface area contributed by atoms with Crippen LogP contribution < -0.4 is 4.90 Å². The van der Waals surface area contributed by atoms with Crippen LogP contribution in [0.4, 0.5) is 18.9 Å². The van der Waals surface area contributed by atoms with Crippen LogP contribution in [0.3, 0.4) is 0 Å². The molecule has 1 aliphatic heterocycles.